The minimum atomic E-state index is -0.411. The van der Waals surface area contributed by atoms with E-state index in [4.69, 9.17) is 16.5 Å². The first-order chi connectivity index (χ1) is 15.9. The fourth-order valence-corrected chi connectivity index (χ4v) is 3.99. The van der Waals surface area contributed by atoms with E-state index in [0.29, 0.717) is 42.1 Å². The number of anilines is 1. The molecule has 2 heterocycles. The lowest BCUT2D eigenvalue weighted by Crippen LogP contribution is -2.41. The maximum atomic E-state index is 13.4. The van der Waals surface area contributed by atoms with Crippen LogP contribution < -0.4 is 22.7 Å². The molecule has 0 aliphatic carbocycles. The smallest absolute Gasteiger partial charge is 0.333 e. The molecule has 9 heteroatoms. The van der Waals surface area contributed by atoms with Gasteiger partial charge < -0.3 is 21.1 Å². The minimum absolute atomic E-state index is 0.0502. The summed E-state index contributed by atoms with van der Waals surface area (Å²) < 4.78 is 4.45. The van der Waals surface area contributed by atoms with Gasteiger partial charge in [-0.05, 0) is 41.8 Å². The number of imidazole rings is 1. The number of phenols is 1. The molecule has 0 atom stereocenters. The van der Waals surface area contributed by atoms with Crippen LogP contribution in [0.25, 0.3) is 11.2 Å². The van der Waals surface area contributed by atoms with E-state index in [1.54, 1.807) is 34.9 Å². The summed E-state index contributed by atoms with van der Waals surface area (Å²) in [6.07, 6.45) is 1.96. The monoisotopic (exact) mass is 448 g/mol. The first-order valence-electron chi connectivity index (χ1n) is 11.0. The van der Waals surface area contributed by atoms with Gasteiger partial charge in [-0.1, -0.05) is 37.6 Å². The molecule has 172 valence electrons. The summed E-state index contributed by atoms with van der Waals surface area (Å²) in [5.74, 6) is 0.725. The molecule has 0 aliphatic rings. The van der Waals surface area contributed by atoms with Gasteiger partial charge in [-0.15, -0.1) is 0 Å². The van der Waals surface area contributed by atoms with Gasteiger partial charge in [-0.25, -0.2) is 9.78 Å². The lowest BCUT2D eigenvalue weighted by molar-refractivity contribution is 0.475. The van der Waals surface area contributed by atoms with Crippen LogP contribution in [0.3, 0.4) is 0 Å². The van der Waals surface area contributed by atoms with Crippen molar-refractivity contribution in [3.8, 4) is 5.75 Å². The minimum Gasteiger partial charge on any atom is -0.508 e. The number of nitrogen functional groups attached to an aromatic ring is 1. The predicted octanol–water partition coefficient (Wildman–Crippen LogP) is 2.00. The molecule has 9 nitrogen and oxygen atoms in total. The number of benzene rings is 2. The summed E-state index contributed by atoms with van der Waals surface area (Å²) in [5, 5.41) is 9.61. The van der Waals surface area contributed by atoms with Gasteiger partial charge in [-0.2, -0.15) is 0 Å². The molecule has 0 bridgehead atoms. The normalized spacial score (nSPS) is 11.3. The molecule has 33 heavy (non-hydrogen) atoms. The van der Waals surface area contributed by atoms with E-state index in [0.717, 1.165) is 17.5 Å². The fourth-order valence-electron chi connectivity index (χ4n) is 3.99. The van der Waals surface area contributed by atoms with Crippen molar-refractivity contribution in [1.29, 1.82) is 0 Å². The molecule has 2 aromatic heterocycles. The van der Waals surface area contributed by atoms with Gasteiger partial charge in [0.2, 0.25) is 0 Å². The number of nitrogens with zero attached hydrogens (tertiary/aromatic N) is 4. The van der Waals surface area contributed by atoms with Crippen LogP contribution >= 0.6 is 0 Å². The van der Waals surface area contributed by atoms with Crippen LogP contribution in [0, 0.1) is 0 Å². The second-order valence-electron chi connectivity index (χ2n) is 8.08. The lowest BCUT2D eigenvalue weighted by Gasteiger charge is -2.12. The summed E-state index contributed by atoms with van der Waals surface area (Å²) in [6, 6.07) is 14.0. The third kappa shape index (κ3) is 4.40. The molecule has 0 radical (unpaired) electrons. The molecule has 0 saturated carbocycles. The Bertz CT molecular complexity index is 1400. The predicted molar refractivity (Wildman–Crippen MR) is 128 cm³/mol. The number of aromatic hydroxyl groups is 1. The Kier molecular flexibility index (Phi) is 6.32. The number of aromatic nitrogens is 4. The van der Waals surface area contributed by atoms with E-state index in [1.807, 2.05) is 25.1 Å². The van der Waals surface area contributed by atoms with Crippen molar-refractivity contribution in [1.82, 2.24) is 18.7 Å². The average Bonchev–Trinajstić information content (AvgIpc) is 3.16. The Morgan fingerprint density at radius 2 is 1.76 bits per heavy atom. The molecule has 2 aromatic carbocycles. The maximum absolute atomic E-state index is 13.4. The number of fused-ring (bicyclic) bond motifs is 1. The van der Waals surface area contributed by atoms with Crippen LogP contribution in [0.1, 0.15) is 36.7 Å². The standard InChI is InChI=1S/C24H28N6O3/c1-2-3-11-28-23(32)21-22(29(24(28)33)14-16-7-9-19(31)10-8-16)27-20(30(21)15-25)13-17-5-4-6-18(26)12-17/h4-10,12,31H,2-3,11,13-15,25-26H2,1H3. The Morgan fingerprint density at radius 1 is 1.00 bits per heavy atom. The van der Waals surface area contributed by atoms with Crippen LogP contribution in [-0.2, 0) is 26.2 Å². The Balaban J connectivity index is 1.93. The quantitative estimate of drug-likeness (QED) is 0.353. The maximum Gasteiger partial charge on any atom is 0.333 e. The average molecular weight is 449 g/mol. The van der Waals surface area contributed by atoms with Gasteiger partial charge in [0.05, 0.1) is 13.2 Å². The third-order valence-corrected chi connectivity index (χ3v) is 5.70. The van der Waals surface area contributed by atoms with E-state index in [-0.39, 0.29) is 24.5 Å². The van der Waals surface area contributed by atoms with Crippen molar-refractivity contribution >= 4 is 16.9 Å². The van der Waals surface area contributed by atoms with Crippen LogP contribution in [0.4, 0.5) is 5.69 Å². The zero-order valence-electron chi connectivity index (χ0n) is 18.6. The van der Waals surface area contributed by atoms with E-state index in [9.17, 15) is 14.7 Å². The third-order valence-electron chi connectivity index (χ3n) is 5.70. The summed E-state index contributed by atoms with van der Waals surface area (Å²) in [5.41, 5.74) is 14.2. The van der Waals surface area contributed by atoms with Gasteiger partial charge in [0, 0.05) is 18.7 Å². The molecular weight excluding hydrogens is 420 g/mol. The lowest BCUT2D eigenvalue weighted by atomic mass is 10.1. The second kappa shape index (κ2) is 9.33. The number of hydrogen-bond acceptors (Lipinski definition) is 6. The molecule has 0 fully saturated rings. The molecule has 0 unspecified atom stereocenters. The van der Waals surface area contributed by atoms with E-state index < -0.39 is 5.69 Å². The number of rotatable bonds is 8. The van der Waals surface area contributed by atoms with Crippen LogP contribution in [0.15, 0.2) is 58.1 Å². The highest BCUT2D eigenvalue weighted by atomic mass is 16.3. The van der Waals surface area contributed by atoms with Crippen molar-refractivity contribution in [2.24, 2.45) is 5.73 Å². The summed E-state index contributed by atoms with van der Waals surface area (Å²) in [4.78, 5) is 31.5. The van der Waals surface area contributed by atoms with E-state index in [2.05, 4.69) is 0 Å². The van der Waals surface area contributed by atoms with E-state index >= 15 is 0 Å². The highest BCUT2D eigenvalue weighted by Gasteiger charge is 2.21. The topological polar surface area (TPSA) is 134 Å². The highest BCUT2D eigenvalue weighted by molar-refractivity contribution is 5.71. The van der Waals surface area contributed by atoms with Gasteiger partial charge >= 0.3 is 5.69 Å². The zero-order chi connectivity index (χ0) is 23.5. The summed E-state index contributed by atoms with van der Waals surface area (Å²) in [7, 11) is 0. The molecule has 5 N–H and O–H groups in total. The number of nitrogens with two attached hydrogens (primary N) is 2. The summed E-state index contributed by atoms with van der Waals surface area (Å²) in [6.45, 7) is 2.59. The van der Waals surface area contributed by atoms with Gasteiger partial charge in [-0.3, -0.25) is 13.9 Å². The van der Waals surface area contributed by atoms with Crippen LogP contribution in [0.5, 0.6) is 5.75 Å². The van der Waals surface area contributed by atoms with E-state index in [1.165, 1.54) is 9.13 Å². The zero-order valence-corrected chi connectivity index (χ0v) is 18.6. The Morgan fingerprint density at radius 3 is 2.42 bits per heavy atom. The molecule has 4 rings (SSSR count). The molecule has 0 aliphatic heterocycles. The van der Waals surface area contributed by atoms with Crippen LogP contribution in [-0.4, -0.2) is 23.8 Å². The number of hydrogen-bond donors (Lipinski definition) is 3. The molecule has 4 aromatic rings. The second-order valence-corrected chi connectivity index (χ2v) is 8.08. The molecule has 0 spiro atoms. The van der Waals surface area contributed by atoms with Crippen molar-refractivity contribution in [2.45, 2.75) is 45.9 Å². The largest absolute Gasteiger partial charge is 0.508 e. The Labute approximate surface area is 190 Å². The van der Waals surface area contributed by atoms with Crippen molar-refractivity contribution < 1.29 is 5.11 Å². The number of phenolic OH excluding ortho intramolecular Hbond substituents is 1. The molecular formula is C24H28N6O3. The van der Waals surface area contributed by atoms with Gasteiger partial charge in [0.15, 0.2) is 11.2 Å². The first kappa shape index (κ1) is 22.3. The molecule has 0 amide bonds. The summed E-state index contributed by atoms with van der Waals surface area (Å²) >= 11 is 0. The van der Waals surface area contributed by atoms with Gasteiger partial charge in [0.25, 0.3) is 5.56 Å². The Hall–Kier alpha value is -3.85. The fraction of sp³-hybridized carbons (Fsp3) is 0.292. The number of unbranched alkanes of at least 4 members (excludes halogenated alkanes) is 1. The first-order valence-corrected chi connectivity index (χ1v) is 11.0. The van der Waals surface area contributed by atoms with Crippen molar-refractivity contribution in [3.05, 3.63) is 86.3 Å². The van der Waals surface area contributed by atoms with Crippen molar-refractivity contribution in [2.75, 3.05) is 5.73 Å². The molecule has 0 saturated heterocycles. The van der Waals surface area contributed by atoms with Crippen LogP contribution in [0.2, 0.25) is 0 Å². The van der Waals surface area contributed by atoms with Gasteiger partial charge in [0.1, 0.15) is 11.6 Å². The SMILES string of the molecule is CCCCn1c(=O)c2c(nc(Cc3cccc(N)c3)n2CN)n(Cc2ccc(O)cc2)c1=O. The van der Waals surface area contributed by atoms with Crippen molar-refractivity contribution in [3.63, 3.8) is 0 Å². The highest BCUT2D eigenvalue weighted by Crippen LogP contribution is 2.18.